The molecule has 0 bridgehead atoms. The lowest BCUT2D eigenvalue weighted by Gasteiger charge is -2.15. The number of carboxylic acid groups (broad SMARTS) is 1. The second kappa shape index (κ2) is 4.30. The van der Waals surface area contributed by atoms with Crippen LogP contribution in [0.25, 0.3) is 0 Å². The van der Waals surface area contributed by atoms with Crippen LogP contribution < -0.4 is 0 Å². The molecule has 1 saturated heterocycles. The number of aliphatic carboxylic acids is 1. The maximum atomic E-state index is 10.4. The Morgan fingerprint density at radius 1 is 1.29 bits per heavy atom. The molecule has 1 heterocycles. The van der Waals surface area contributed by atoms with Crippen LogP contribution in [0.15, 0.2) is 0 Å². The van der Waals surface area contributed by atoms with Crippen molar-refractivity contribution in [3.63, 3.8) is 0 Å². The SMILES string of the molecule is O=C(O)CCCN1CC2CCCC2C1. The maximum Gasteiger partial charge on any atom is 0.303 e. The van der Waals surface area contributed by atoms with Crippen LogP contribution >= 0.6 is 0 Å². The van der Waals surface area contributed by atoms with Gasteiger partial charge in [0.15, 0.2) is 0 Å². The molecule has 3 nitrogen and oxygen atoms in total. The minimum absolute atomic E-state index is 0.325. The highest BCUT2D eigenvalue weighted by Crippen LogP contribution is 2.37. The number of likely N-dealkylation sites (tertiary alicyclic amines) is 1. The third kappa shape index (κ3) is 2.27. The van der Waals surface area contributed by atoms with Crippen molar-refractivity contribution >= 4 is 5.97 Å². The van der Waals surface area contributed by atoms with Gasteiger partial charge in [-0.05, 0) is 37.6 Å². The van der Waals surface area contributed by atoms with Gasteiger partial charge in [0.05, 0.1) is 0 Å². The largest absolute Gasteiger partial charge is 0.481 e. The molecule has 0 aromatic rings. The first-order valence-corrected chi connectivity index (χ1v) is 5.70. The molecule has 0 aromatic heterocycles. The third-order valence-corrected chi connectivity index (χ3v) is 3.67. The lowest BCUT2D eigenvalue weighted by Crippen LogP contribution is -2.23. The maximum absolute atomic E-state index is 10.4. The van der Waals surface area contributed by atoms with Crippen LogP contribution in [0.1, 0.15) is 32.1 Å². The highest BCUT2D eigenvalue weighted by molar-refractivity contribution is 5.66. The fourth-order valence-electron chi connectivity index (χ4n) is 2.97. The molecule has 3 heteroatoms. The monoisotopic (exact) mass is 197 g/mol. The fourth-order valence-corrected chi connectivity index (χ4v) is 2.97. The summed E-state index contributed by atoms with van der Waals surface area (Å²) in [6.45, 7) is 3.44. The number of fused-ring (bicyclic) bond motifs is 1. The van der Waals surface area contributed by atoms with Crippen LogP contribution in [0.2, 0.25) is 0 Å². The molecule has 0 amide bonds. The zero-order chi connectivity index (χ0) is 9.97. The molecule has 2 unspecified atom stereocenters. The molecule has 0 radical (unpaired) electrons. The zero-order valence-electron chi connectivity index (χ0n) is 8.61. The van der Waals surface area contributed by atoms with E-state index < -0.39 is 5.97 Å². The van der Waals surface area contributed by atoms with E-state index in [-0.39, 0.29) is 0 Å². The molecule has 1 aliphatic heterocycles. The normalized spacial score (nSPS) is 32.0. The molecule has 2 atom stereocenters. The Labute approximate surface area is 85.1 Å². The smallest absolute Gasteiger partial charge is 0.303 e. The molecule has 2 rings (SSSR count). The standard InChI is InChI=1S/C11H19NO2/c13-11(14)5-2-6-12-7-9-3-1-4-10(9)8-12/h9-10H,1-8H2,(H,13,14). The summed E-state index contributed by atoms with van der Waals surface area (Å²) in [6.07, 6.45) is 5.36. The average Bonchev–Trinajstić information content (AvgIpc) is 2.62. The van der Waals surface area contributed by atoms with Crippen LogP contribution in [-0.2, 0) is 4.79 Å². The van der Waals surface area contributed by atoms with E-state index in [0.29, 0.717) is 6.42 Å². The number of nitrogens with zero attached hydrogens (tertiary/aromatic N) is 1. The van der Waals surface area contributed by atoms with E-state index in [9.17, 15) is 4.79 Å². The number of carbonyl (C=O) groups is 1. The molecule has 80 valence electrons. The predicted octanol–water partition coefficient (Wildman–Crippen LogP) is 1.58. The molecular weight excluding hydrogens is 178 g/mol. The quantitative estimate of drug-likeness (QED) is 0.744. The summed E-state index contributed by atoms with van der Waals surface area (Å²) in [4.78, 5) is 12.8. The second-order valence-electron chi connectivity index (χ2n) is 4.71. The highest BCUT2D eigenvalue weighted by atomic mass is 16.4. The van der Waals surface area contributed by atoms with Crippen molar-refractivity contribution in [3.05, 3.63) is 0 Å². The van der Waals surface area contributed by atoms with Gasteiger partial charge >= 0.3 is 5.97 Å². The first-order chi connectivity index (χ1) is 6.75. The molecule has 0 spiro atoms. The van der Waals surface area contributed by atoms with Gasteiger partial charge in [-0.1, -0.05) is 6.42 Å². The molecule has 14 heavy (non-hydrogen) atoms. The topological polar surface area (TPSA) is 40.5 Å². The van der Waals surface area contributed by atoms with Crippen molar-refractivity contribution in [2.45, 2.75) is 32.1 Å². The van der Waals surface area contributed by atoms with Gasteiger partial charge in [-0.25, -0.2) is 0 Å². The van der Waals surface area contributed by atoms with Gasteiger partial charge in [-0.15, -0.1) is 0 Å². The summed E-state index contributed by atoms with van der Waals surface area (Å²) < 4.78 is 0. The molecule has 1 saturated carbocycles. The number of hydrogen-bond donors (Lipinski definition) is 1. The minimum Gasteiger partial charge on any atom is -0.481 e. The summed E-state index contributed by atoms with van der Waals surface area (Å²) in [7, 11) is 0. The molecule has 1 N–H and O–H groups in total. The second-order valence-corrected chi connectivity index (χ2v) is 4.71. The summed E-state index contributed by atoms with van der Waals surface area (Å²) in [5, 5.41) is 8.53. The Hall–Kier alpha value is -0.570. The van der Waals surface area contributed by atoms with Crippen molar-refractivity contribution in [1.29, 1.82) is 0 Å². The van der Waals surface area contributed by atoms with E-state index in [2.05, 4.69) is 4.90 Å². The lowest BCUT2D eigenvalue weighted by molar-refractivity contribution is -0.137. The number of rotatable bonds is 4. The van der Waals surface area contributed by atoms with Crippen molar-refractivity contribution in [1.82, 2.24) is 4.90 Å². The Bertz CT molecular complexity index is 205. The average molecular weight is 197 g/mol. The van der Waals surface area contributed by atoms with Crippen molar-refractivity contribution in [2.24, 2.45) is 11.8 Å². The summed E-state index contributed by atoms with van der Waals surface area (Å²) in [6, 6.07) is 0. The summed E-state index contributed by atoms with van der Waals surface area (Å²) in [5.74, 6) is 1.20. The van der Waals surface area contributed by atoms with Crippen molar-refractivity contribution < 1.29 is 9.90 Å². The Morgan fingerprint density at radius 2 is 1.93 bits per heavy atom. The van der Waals surface area contributed by atoms with Gasteiger partial charge in [-0.2, -0.15) is 0 Å². The van der Waals surface area contributed by atoms with Gasteiger partial charge in [0.25, 0.3) is 0 Å². The fraction of sp³-hybridized carbons (Fsp3) is 0.909. The van der Waals surface area contributed by atoms with Gasteiger partial charge < -0.3 is 10.0 Å². The molecule has 2 aliphatic rings. The van der Waals surface area contributed by atoms with Crippen molar-refractivity contribution in [3.8, 4) is 0 Å². The van der Waals surface area contributed by atoms with Gasteiger partial charge in [0.2, 0.25) is 0 Å². The van der Waals surface area contributed by atoms with Crippen molar-refractivity contribution in [2.75, 3.05) is 19.6 Å². The van der Waals surface area contributed by atoms with E-state index in [1.807, 2.05) is 0 Å². The van der Waals surface area contributed by atoms with E-state index in [0.717, 1.165) is 24.8 Å². The molecule has 1 aliphatic carbocycles. The van der Waals surface area contributed by atoms with E-state index in [1.165, 1.54) is 32.4 Å². The Morgan fingerprint density at radius 3 is 2.50 bits per heavy atom. The molecule has 0 aromatic carbocycles. The Balaban J connectivity index is 1.66. The van der Waals surface area contributed by atoms with Crippen LogP contribution in [0.5, 0.6) is 0 Å². The zero-order valence-corrected chi connectivity index (χ0v) is 8.61. The molecule has 2 fully saturated rings. The van der Waals surface area contributed by atoms with Gasteiger partial charge in [-0.3, -0.25) is 4.79 Å². The molecular formula is C11H19NO2. The number of hydrogen-bond acceptors (Lipinski definition) is 2. The highest BCUT2D eigenvalue weighted by Gasteiger charge is 2.35. The number of carboxylic acids is 1. The minimum atomic E-state index is -0.663. The summed E-state index contributed by atoms with van der Waals surface area (Å²) >= 11 is 0. The lowest BCUT2D eigenvalue weighted by atomic mass is 10.0. The first-order valence-electron chi connectivity index (χ1n) is 5.70. The van der Waals surface area contributed by atoms with Crippen LogP contribution in [0, 0.1) is 11.8 Å². The van der Waals surface area contributed by atoms with Gasteiger partial charge in [0.1, 0.15) is 0 Å². The van der Waals surface area contributed by atoms with Crippen LogP contribution in [0.3, 0.4) is 0 Å². The van der Waals surface area contributed by atoms with Crippen LogP contribution in [0.4, 0.5) is 0 Å². The Kier molecular flexibility index (Phi) is 3.06. The van der Waals surface area contributed by atoms with E-state index in [1.54, 1.807) is 0 Å². The third-order valence-electron chi connectivity index (χ3n) is 3.67. The summed E-state index contributed by atoms with van der Waals surface area (Å²) in [5.41, 5.74) is 0. The predicted molar refractivity (Wildman–Crippen MR) is 54.1 cm³/mol. The van der Waals surface area contributed by atoms with E-state index >= 15 is 0 Å². The first kappa shape index (κ1) is 9.97. The van der Waals surface area contributed by atoms with Crippen LogP contribution in [-0.4, -0.2) is 35.6 Å². The van der Waals surface area contributed by atoms with Gasteiger partial charge in [0, 0.05) is 19.5 Å². The van der Waals surface area contributed by atoms with E-state index in [4.69, 9.17) is 5.11 Å².